The Morgan fingerprint density at radius 3 is 0.934 bits per heavy atom. The number of nitrogen functional groups attached to an aromatic ring is 1. The molecule has 0 saturated heterocycles. The van der Waals surface area contributed by atoms with E-state index in [1.54, 1.807) is 41.7 Å². The number of aromatic nitrogens is 4. The van der Waals surface area contributed by atoms with Crippen LogP contribution in [0, 0.1) is 128 Å². The standard InChI is InChI=1S/C8H9N3O2.C8H8N2O2.C7H7N3O2.C7H6N3O2.C2H6.H2N.8V.16Y/c1-5-6(2)10-4-7(11(12)13)8(5)9-3;1-5-6(2)8(10(11)12)4-9-7(5)3;2*1-4-5(2)9-3-6(7(4)8)10(11)12;1-2;;;;;;;;;;;;;;;;;;;;;;;;;/h1H2,2-3H3,(H,9,10);1H2,2-3H3;1H2,2H3,(H2,8,9);1H2,2H3,(H-,8,9);1-2H3;1H2;;;;;;;;;;;;;;;;;;;;;;;;/q3*-2;-3;;-1;;;;;;;;;;;;;;;;;;;;;;;;. The fourth-order valence-electron chi connectivity index (χ4n) is 3.32. The zero-order valence-corrected chi connectivity index (χ0v) is 99.2. The fourth-order valence-corrected chi connectivity index (χ4v) is 3.32. The third-order valence-corrected chi connectivity index (χ3v) is 6.51. The van der Waals surface area contributed by atoms with E-state index in [0.29, 0.717) is 50.7 Å². The van der Waals surface area contributed by atoms with E-state index in [2.05, 4.69) is 77.7 Å². The van der Waals surface area contributed by atoms with Crippen LogP contribution in [-0.4, -0.2) is 46.7 Å². The van der Waals surface area contributed by atoms with E-state index < -0.39 is 25.4 Å². The van der Waals surface area contributed by atoms with E-state index in [0.717, 1.165) is 0 Å². The minimum absolute atomic E-state index is 0. The zero-order chi connectivity index (χ0) is 39.9. The third-order valence-electron chi connectivity index (χ3n) is 6.51. The van der Waals surface area contributed by atoms with Gasteiger partial charge in [0.1, 0.15) is 0 Å². The second-order valence-corrected chi connectivity index (χ2v) is 9.61. The third kappa shape index (κ3) is 67.9. The van der Waals surface area contributed by atoms with Gasteiger partial charge in [-0.15, -0.1) is 11.1 Å². The molecule has 0 fully saturated rings. The second kappa shape index (κ2) is 101. The molecule has 372 valence electrons. The predicted molar refractivity (Wildman–Crippen MR) is 195 cm³/mol. The van der Waals surface area contributed by atoms with Crippen LogP contribution in [0.2, 0.25) is 0 Å². The Morgan fingerprint density at radius 2 is 0.658 bits per heavy atom. The number of aryl methyl sites for hydroxylation is 4. The quantitative estimate of drug-likeness (QED) is 0.112. The molecule has 6 N–H and O–H groups in total. The van der Waals surface area contributed by atoms with Gasteiger partial charge in [-0.3, -0.25) is 40.5 Å². The van der Waals surface area contributed by atoms with Crippen molar-refractivity contribution >= 4 is 39.8 Å². The van der Waals surface area contributed by atoms with Gasteiger partial charge in [-0.05, 0) is 18.4 Å². The first kappa shape index (κ1) is 175. The van der Waals surface area contributed by atoms with Crippen molar-refractivity contribution in [1.29, 1.82) is 0 Å². The maximum absolute atomic E-state index is 10.5. The van der Waals surface area contributed by atoms with Crippen LogP contribution in [0.3, 0.4) is 0 Å². The molecule has 44 heteroatoms. The molecule has 4 aromatic heterocycles. The molecule has 0 aliphatic rings. The minimum Gasteiger partial charge on any atom is -0.752 e. The molecule has 0 saturated carbocycles. The summed E-state index contributed by atoms with van der Waals surface area (Å²) in [5.74, 6) is 0. The van der Waals surface area contributed by atoms with Gasteiger partial charge in [0.05, 0.1) is 0 Å². The molecule has 24 radical (unpaired) electrons. The predicted octanol–water partition coefficient (Wildman–Crippen LogP) is 7.42. The molecule has 0 aliphatic heterocycles. The summed E-state index contributed by atoms with van der Waals surface area (Å²) in [5, 5.41) is 44.2. The maximum Gasteiger partial charge on any atom is 0.202 e. The Bertz CT molecular complexity index is 1830. The molecule has 0 spiro atoms. The Balaban J connectivity index is -0.0000000163. The van der Waals surface area contributed by atoms with Crippen molar-refractivity contribution in [2.45, 2.75) is 48.5 Å². The Morgan fingerprint density at radius 1 is 0.434 bits per heavy atom. The molecule has 4 heterocycles. The summed E-state index contributed by atoms with van der Waals surface area (Å²) >= 11 is 0. The van der Waals surface area contributed by atoms with Gasteiger partial charge in [-0.25, -0.2) is 0 Å². The van der Waals surface area contributed by atoms with Crippen molar-refractivity contribution in [1.82, 2.24) is 19.9 Å². The molecule has 0 aromatic carbocycles. The summed E-state index contributed by atoms with van der Waals surface area (Å²) in [6.45, 7) is 26.8. The largest absolute Gasteiger partial charge is 0.752 e. The first-order valence-corrected chi connectivity index (χ1v) is 14.3. The van der Waals surface area contributed by atoms with Gasteiger partial charge in [-0.1, -0.05) is 76.8 Å². The summed E-state index contributed by atoms with van der Waals surface area (Å²) in [6.07, 6.45) is 9.10. The van der Waals surface area contributed by atoms with E-state index in [-0.39, 0.29) is 712 Å². The van der Waals surface area contributed by atoms with Gasteiger partial charge in [-0.2, -0.15) is 44.5 Å². The number of pyridine rings is 4. The summed E-state index contributed by atoms with van der Waals surface area (Å²) in [6, 6.07) is 0. The van der Waals surface area contributed by atoms with Gasteiger partial charge in [0, 0.05) is 716 Å². The molecule has 0 atom stereocenters. The number of nitrogens with two attached hydrogens (primary N) is 2. The maximum atomic E-state index is 10.5. The van der Waals surface area contributed by atoms with Crippen LogP contribution in [-0.2, 0) is 672 Å². The summed E-state index contributed by atoms with van der Waals surface area (Å²) in [7, 11) is 1.60. The second-order valence-electron chi connectivity index (χ2n) is 9.61. The van der Waals surface area contributed by atoms with Crippen molar-refractivity contribution < 1.29 is 691 Å². The van der Waals surface area contributed by atoms with Crippen LogP contribution in [0.25, 0.3) is 11.9 Å². The number of hydrogen-bond acceptors (Lipinski definition) is 14. The Kier molecular flexibility index (Phi) is 233. The van der Waals surface area contributed by atoms with E-state index >= 15 is 0 Å². The molecular formula is C32H38N12O8V8Y16-10. The van der Waals surface area contributed by atoms with E-state index in [9.17, 15) is 40.5 Å². The van der Waals surface area contributed by atoms with Gasteiger partial charge >= 0.3 is 0 Å². The zero-order valence-electron chi connectivity index (χ0n) is 42.6. The van der Waals surface area contributed by atoms with Gasteiger partial charge in [0.2, 0.25) is 11.4 Å². The molecule has 0 amide bonds. The summed E-state index contributed by atoms with van der Waals surface area (Å²) in [4.78, 5) is 53.9. The fraction of sp³-hybridized carbons (Fsp3) is 0.250. The smallest absolute Gasteiger partial charge is 0.202 e. The Labute approximate surface area is 947 Å². The van der Waals surface area contributed by atoms with Crippen molar-refractivity contribution in [3.05, 3.63) is 155 Å². The molecule has 4 aromatic rings. The molecule has 0 bridgehead atoms. The van der Waals surface area contributed by atoms with Crippen LogP contribution in [0.4, 0.5) is 39.8 Å². The number of nitrogens with zero attached hydrogens (tertiary/aromatic N) is 8. The van der Waals surface area contributed by atoms with Gasteiger partial charge in [0.25, 0.3) is 0 Å². The molecule has 4 rings (SSSR count). The van der Waals surface area contributed by atoms with E-state index in [4.69, 9.17) is 11.5 Å². The first-order valence-electron chi connectivity index (χ1n) is 14.3. The van der Waals surface area contributed by atoms with Crippen LogP contribution >= 0.6 is 0 Å². The van der Waals surface area contributed by atoms with E-state index in [1.165, 1.54) is 0 Å². The summed E-state index contributed by atoms with van der Waals surface area (Å²) in [5.41, 5.74) is 16.6. The van der Waals surface area contributed by atoms with E-state index in [1.807, 2.05) is 13.8 Å². The van der Waals surface area contributed by atoms with Crippen molar-refractivity contribution in [2.75, 3.05) is 18.1 Å². The van der Waals surface area contributed by atoms with Gasteiger partial charge in [0.15, 0.2) is 11.4 Å². The number of nitrogens with one attached hydrogen (secondary N) is 2. The summed E-state index contributed by atoms with van der Waals surface area (Å²) < 4.78 is 0. The topological polar surface area (TPSA) is 319 Å². The number of anilines is 2. The molecule has 20 nitrogen and oxygen atoms in total. The van der Waals surface area contributed by atoms with Crippen molar-refractivity contribution in [2.24, 2.45) is 0 Å². The van der Waals surface area contributed by atoms with Crippen LogP contribution in [0.1, 0.15) is 64.4 Å². The first-order chi connectivity index (χ1) is 23.7. The molecule has 0 aliphatic carbocycles. The Hall–Kier alpha value is 15.4. The number of rotatable bonds is 5. The molecular weight excluding hydrogens is 2510 g/mol. The van der Waals surface area contributed by atoms with Gasteiger partial charge < -0.3 is 42.9 Å². The van der Waals surface area contributed by atoms with Crippen LogP contribution in [0.15, 0.2) is 0 Å². The SMILES string of the molecule is CC.[CH2-]c1c(C)n[c-]c([N+](=O)[O-])c1C.[CH2-]c1c(C)n[c-]c([N+](=O)[O-])c1N.[CH2-]c1c(C)n[c-]c([N+](=O)[O-])c1NC.[CH2-]c1c(C)n[c-]c([N+](=O)[O-])c1[NH-].[NH2-].[V].[V].[V].[V].[V].[V].[V].[V].[Y].[Y].[Y].[Y].[Y].[Y].[Y].[Y].[Y].[Y].[Y].[Y].[Y].[Y].[Y].[Y]. The van der Waals surface area contributed by atoms with Crippen molar-refractivity contribution in [3.63, 3.8) is 0 Å². The number of nitro groups is 4. The average Bonchev–Trinajstić information content (AvgIpc) is 3.07. The molecule has 0 unspecified atom stereocenters. The molecule has 76 heavy (non-hydrogen) atoms. The monoisotopic (exact) mass is 2550 g/mol. The average molecular weight is 2550 g/mol. The normalized spacial score (nSPS) is 6.37. The van der Waals surface area contributed by atoms with Crippen molar-refractivity contribution in [3.8, 4) is 0 Å². The van der Waals surface area contributed by atoms with Crippen LogP contribution < -0.4 is 11.1 Å². The van der Waals surface area contributed by atoms with Crippen LogP contribution in [0.5, 0.6) is 0 Å². The minimum atomic E-state index is -0.691. The number of hydrogen-bond donors (Lipinski definition) is 2.